The summed E-state index contributed by atoms with van der Waals surface area (Å²) >= 11 is 0. The van der Waals surface area contributed by atoms with Crippen molar-refractivity contribution in [2.45, 2.75) is 123 Å². The first-order chi connectivity index (χ1) is 17.7. The van der Waals surface area contributed by atoms with Crippen molar-refractivity contribution in [2.75, 3.05) is 0 Å². The third-order valence-corrected chi connectivity index (χ3v) is 9.27. The maximum absolute atomic E-state index is 13.4. The summed E-state index contributed by atoms with van der Waals surface area (Å²) in [6.07, 6.45) is 10.9. The van der Waals surface area contributed by atoms with Crippen LogP contribution in [-0.4, -0.2) is 29.2 Å². The van der Waals surface area contributed by atoms with E-state index in [1.807, 2.05) is 0 Å². The van der Waals surface area contributed by atoms with E-state index < -0.39 is 12.5 Å². The van der Waals surface area contributed by atoms with Crippen LogP contribution in [0.25, 0.3) is 0 Å². The molecule has 4 nitrogen and oxygen atoms in total. The van der Waals surface area contributed by atoms with Crippen molar-refractivity contribution in [3.05, 3.63) is 46.5 Å². The number of hydrogen-bond acceptors (Lipinski definition) is 2. The quantitative estimate of drug-likeness (QED) is 0.297. The second kappa shape index (κ2) is 15.3. The Morgan fingerprint density at radius 3 is 2.23 bits per heavy atom. The number of halogens is 3. The van der Waals surface area contributed by atoms with E-state index in [0.29, 0.717) is 25.2 Å². The molecule has 0 spiro atoms. The highest BCUT2D eigenvalue weighted by Crippen LogP contribution is 2.44. The molecule has 2 atom stereocenters. The van der Waals surface area contributed by atoms with E-state index in [1.54, 1.807) is 6.08 Å². The molecule has 0 radical (unpaired) electrons. The van der Waals surface area contributed by atoms with Gasteiger partial charge in [-0.25, -0.2) is 0 Å². The Kier molecular flexibility index (Phi) is 13.2. The minimum Gasteiger partial charge on any atom is -0.412 e. The number of carbonyl (C=O) groups is 1. The van der Waals surface area contributed by atoms with Gasteiger partial charge in [0.05, 0.1) is 6.10 Å². The van der Waals surface area contributed by atoms with Crippen molar-refractivity contribution in [3.8, 4) is 0 Å². The standard InChI is InChI=1S/C32H45F3O2.2H2O/c1-3-7-23-11-10-22(2)18-27(23)16-17-31(36)29-19-28(20-30(21-29)37-32(33,34)35)26-14-12-25(13-15-26)24-8-5-4-6-9-24;;/h10-11,18,20,24-26,29-30H,3-9,12-17,19,21H2,1-2H3;2*1H2. The van der Waals surface area contributed by atoms with Crippen LogP contribution < -0.4 is 0 Å². The topological polar surface area (TPSA) is 89.3 Å². The van der Waals surface area contributed by atoms with Crippen LogP contribution in [0.1, 0.15) is 107 Å². The number of benzene rings is 1. The SMILES string of the molecule is CCCc1ccc(C)cc1CCC(=O)C1CC(C2CCC(C3CCCCC3)CC2)=CC(OC(F)(F)F)C1.O.O. The van der Waals surface area contributed by atoms with Gasteiger partial charge >= 0.3 is 6.36 Å². The van der Waals surface area contributed by atoms with Crippen LogP contribution in [0.3, 0.4) is 0 Å². The lowest BCUT2D eigenvalue weighted by atomic mass is 9.68. The number of alkyl halides is 3. The highest BCUT2D eigenvalue weighted by molar-refractivity contribution is 5.82. The van der Waals surface area contributed by atoms with Gasteiger partial charge in [0.25, 0.3) is 0 Å². The molecule has 4 rings (SSSR count). The number of aryl methyl sites for hydroxylation is 3. The third-order valence-electron chi connectivity index (χ3n) is 9.27. The van der Waals surface area contributed by atoms with Crippen molar-refractivity contribution in [1.82, 2.24) is 0 Å². The fraction of sp³-hybridized carbons (Fsp3) is 0.719. The maximum atomic E-state index is 13.4. The first-order valence-corrected chi connectivity index (χ1v) is 14.8. The normalized spacial score (nSPS) is 26.2. The molecule has 1 aromatic rings. The Morgan fingerprint density at radius 1 is 0.923 bits per heavy atom. The Morgan fingerprint density at radius 2 is 1.59 bits per heavy atom. The number of hydrogen-bond donors (Lipinski definition) is 0. The van der Waals surface area contributed by atoms with Crippen LogP contribution in [0.2, 0.25) is 0 Å². The molecular formula is C32H49F3O4. The lowest BCUT2D eigenvalue weighted by Crippen LogP contribution is -2.33. The molecule has 2 saturated carbocycles. The summed E-state index contributed by atoms with van der Waals surface area (Å²) in [5, 5.41) is 0. The fourth-order valence-corrected chi connectivity index (χ4v) is 7.35. The monoisotopic (exact) mass is 554 g/mol. The van der Waals surface area contributed by atoms with E-state index in [-0.39, 0.29) is 29.1 Å². The van der Waals surface area contributed by atoms with Crippen LogP contribution >= 0.6 is 0 Å². The van der Waals surface area contributed by atoms with Crippen LogP contribution in [0.4, 0.5) is 13.2 Å². The summed E-state index contributed by atoms with van der Waals surface area (Å²) in [5.74, 6) is 1.60. The number of ketones is 1. The predicted molar refractivity (Wildman–Crippen MR) is 149 cm³/mol. The minimum atomic E-state index is -4.69. The zero-order chi connectivity index (χ0) is 26.4. The molecule has 0 saturated heterocycles. The number of Topliss-reactive ketones (excluding diaryl/α,β-unsaturated/α-hetero) is 1. The van der Waals surface area contributed by atoms with Crippen molar-refractivity contribution in [3.63, 3.8) is 0 Å². The summed E-state index contributed by atoms with van der Waals surface area (Å²) in [5.41, 5.74) is 4.69. The molecule has 2 fully saturated rings. The molecule has 0 amide bonds. The van der Waals surface area contributed by atoms with E-state index in [4.69, 9.17) is 0 Å². The van der Waals surface area contributed by atoms with Gasteiger partial charge in [0.2, 0.25) is 0 Å². The van der Waals surface area contributed by atoms with E-state index in [1.165, 1.54) is 61.6 Å². The summed E-state index contributed by atoms with van der Waals surface area (Å²) in [4.78, 5) is 13.4. The Hall–Kier alpha value is -1.70. The molecule has 0 aliphatic heterocycles. The van der Waals surface area contributed by atoms with Crippen LogP contribution in [-0.2, 0) is 22.4 Å². The fourth-order valence-electron chi connectivity index (χ4n) is 7.35. The maximum Gasteiger partial charge on any atom is 0.523 e. The van der Waals surface area contributed by atoms with Crippen molar-refractivity contribution >= 4 is 5.78 Å². The molecule has 222 valence electrons. The molecule has 4 N–H and O–H groups in total. The summed E-state index contributed by atoms with van der Waals surface area (Å²) in [7, 11) is 0. The lowest BCUT2D eigenvalue weighted by Gasteiger charge is -2.38. The zero-order valence-electron chi connectivity index (χ0n) is 23.8. The van der Waals surface area contributed by atoms with E-state index in [9.17, 15) is 18.0 Å². The average molecular weight is 555 g/mol. The molecule has 2 unspecified atom stereocenters. The highest BCUT2D eigenvalue weighted by atomic mass is 19.4. The van der Waals surface area contributed by atoms with Gasteiger partial charge in [-0.15, -0.1) is 13.2 Å². The van der Waals surface area contributed by atoms with Gasteiger partial charge in [0.15, 0.2) is 0 Å². The van der Waals surface area contributed by atoms with Gasteiger partial charge in [-0.2, -0.15) is 0 Å². The average Bonchev–Trinajstić information content (AvgIpc) is 2.88. The van der Waals surface area contributed by atoms with Gasteiger partial charge in [0.1, 0.15) is 5.78 Å². The van der Waals surface area contributed by atoms with E-state index >= 15 is 0 Å². The molecule has 0 aromatic heterocycles. The molecule has 0 heterocycles. The van der Waals surface area contributed by atoms with Gasteiger partial charge in [-0.3, -0.25) is 9.53 Å². The summed E-state index contributed by atoms with van der Waals surface area (Å²) in [6, 6.07) is 6.42. The van der Waals surface area contributed by atoms with Gasteiger partial charge in [0, 0.05) is 12.3 Å². The Bertz CT molecular complexity index is 928. The second-order valence-electron chi connectivity index (χ2n) is 12.0. The van der Waals surface area contributed by atoms with Gasteiger partial charge < -0.3 is 11.0 Å². The molecule has 1 aromatic carbocycles. The molecule has 39 heavy (non-hydrogen) atoms. The van der Waals surface area contributed by atoms with Gasteiger partial charge in [-0.05, 0) is 87.2 Å². The van der Waals surface area contributed by atoms with Crippen LogP contribution in [0.5, 0.6) is 0 Å². The first kappa shape index (κ1) is 33.5. The molecule has 3 aliphatic carbocycles. The largest absolute Gasteiger partial charge is 0.523 e. The zero-order valence-corrected chi connectivity index (χ0v) is 23.8. The van der Waals surface area contributed by atoms with Crippen LogP contribution in [0.15, 0.2) is 29.8 Å². The smallest absolute Gasteiger partial charge is 0.412 e. The predicted octanol–water partition coefficient (Wildman–Crippen LogP) is 7.43. The van der Waals surface area contributed by atoms with E-state index in [2.05, 4.69) is 36.8 Å². The molecular weight excluding hydrogens is 505 g/mol. The number of rotatable bonds is 9. The second-order valence-corrected chi connectivity index (χ2v) is 12.0. The molecule has 3 aliphatic rings. The Balaban J connectivity index is 0.00000267. The first-order valence-electron chi connectivity index (χ1n) is 14.8. The number of allylic oxidation sites excluding steroid dienone is 1. The number of ether oxygens (including phenoxy) is 1. The third kappa shape index (κ3) is 9.72. The van der Waals surface area contributed by atoms with Crippen molar-refractivity contribution < 1.29 is 33.7 Å². The van der Waals surface area contributed by atoms with Crippen molar-refractivity contribution in [1.29, 1.82) is 0 Å². The lowest BCUT2D eigenvalue weighted by molar-refractivity contribution is -0.338. The van der Waals surface area contributed by atoms with Crippen molar-refractivity contribution in [2.24, 2.45) is 23.7 Å². The summed E-state index contributed by atoms with van der Waals surface area (Å²) < 4.78 is 44.0. The van der Waals surface area contributed by atoms with E-state index in [0.717, 1.165) is 43.1 Å². The minimum absolute atomic E-state index is 0. The highest BCUT2D eigenvalue weighted by Gasteiger charge is 2.39. The molecule has 7 heteroatoms. The molecule has 0 bridgehead atoms. The summed E-state index contributed by atoms with van der Waals surface area (Å²) in [6.45, 7) is 4.20. The van der Waals surface area contributed by atoms with Crippen LogP contribution in [0, 0.1) is 30.6 Å². The number of carbonyl (C=O) groups excluding carboxylic acids is 1. The Labute approximate surface area is 232 Å². The van der Waals surface area contributed by atoms with Gasteiger partial charge in [-0.1, -0.05) is 80.9 Å².